The minimum Gasteiger partial charge on any atom is -0.312 e. The molecule has 0 bridgehead atoms. The van der Waals surface area contributed by atoms with Gasteiger partial charge in [0.15, 0.2) is 0 Å². The highest BCUT2D eigenvalue weighted by atomic mass is 35.5. The molecule has 3 amide bonds. The maximum atomic E-state index is 12.8. The first-order chi connectivity index (χ1) is 9.56. The van der Waals surface area contributed by atoms with Crippen molar-refractivity contribution in [2.45, 2.75) is 37.6 Å². The highest BCUT2D eigenvalue weighted by Crippen LogP contribution is 2.41. The third-order valence-corrected chi connectivity index (χ3v) is 4.58. The number of carbonyl (C=O) groups is 2. The van der Waals surface area contributed by atoms with Crippen LogP contribution in [-0.4, -0.2) is 34.4 Å². The lowest BCUT2D eigenvalue weighted by Gasteiger charge is -2.35. The van der Waals surface area contributed by atoms with Crippen LogP contribution in [-0.2, 0) is 4.79 Å². The van der Waals surface area contributed by atoms with Gasteiger partial charge in [0.25, 0.3) is 5.91 Å². The summed E-state index contributed by atoms with van der Waals surface area (Å²) in [6.07, 6.45) is 6.07. The van der Waals surface area contributed by atoms with E-state index >= 15 is 0 Å². The second-order valence-corrected chi connectivity index (χ2v) is 5.80. The van der Waals surface area contributed by atoms with E-state index in [9.17, 15) is 9.59 Å². The number of hydrogen-bond acceptors (Lipinski definition) is 3. The Morgan fingerprint density at radius 3 is 2.60 bits per heavy atom. The lowest BCUT2D eigenvalue weighted by molar-refractivity contribution is -0.126. The van der Waals surface area contributed by atoms with E-state index < -0.39 is 5.54 Å². The van der Waals surface area contributed by atoms with Gasteiger partial charge in [-0.05, 0) is 25.0 Å². The lowest BCUT2D eigenvalue weighted by atomic mass is 9.80. The van der Waals surface area contributed by atoms with E-state index in [-0.39, 0.29) is 17.1 Å². The van der Waals surface area contributed by atoms with E-state index in [2.05, 4.69) is 4.98 Å². The summed E-state index contributed by atoms with van der Waals surface area (Å²) in [7, 11) is 1.72. The first-order valence-corrected chi connectivity index (χ1v) is 7.18. The van der Waals surface area contributed by atoms with Gasteiger partial charge in [0.1, 0.15) is 10.7 Å². The van der Waals surface area contributed by atoms with Gasteiger partial charge in [0, 0.05) is 13.2 Å². The number of urea groups is 1. The molecule has 2 fully saturated rings. The molecule has 20 heavy (non-hydrogen) atoms. The Morgan fingerprint density at radius 1 is 1.25 bits per heavy atom. The summed E-state index contributed by atoms with van der Waals surface area (Å²) >= 11 is 5.86. The number of likely N-dealkylation sites (N-methyl/N-ethyl adjacent to an activating group) is 1. The van der Waals surface area contributed by atoms with Crippen LogP contribution in [0.2, 0.25) is 5.15 Å². The molecule has 1 saturated heterocycles. The Morgan fingerprint density at radius 2 is 1.95 bits per heavy atom. The fourth-order valence-corrected chi connectivity index (χ4v) is 3.38. The summed E-state index contributed by atoms with van der Waals surface area (Å²) < 4.78 is 0. The van der Waals surface area contributed by atoms with Crippen LogP contribution in [0.25, 0.3) is 0 Å². The molecule has 1 saturated carbocycles. The molecule has 1 aromatic rings. The van der Waals surface area contributed by atoms with Crippen molar-refractivity contribution in [1.82, 2.24) is 9.88 Å². The summed E-state index contributed by atoms with van der Waals surface area (Å²) in [4.78, 5) is 32.0. The first-order valence-electron chi connectivity index (χ1n) is 6.80. The van der Waals surface area contributed by atoms with Gasteiger partial charge in [-0.1, -0.05) is 30.9 Å². The Bertz CT molecular complexity index is 569. The molecule has 0 radical (unpaired) electrons. The summed E-state index contributed by atoms with van der Waals surface area (Å²) in [6.45, 7) is 0. The van der Waals surface area contributed by atoms with E-state index in [1.54, 1.807) is 24.1 Å². The number of pyridine rings is 1. The van der Waals surface area contributed by atoms with Crippen LogP contribution < -0.4 is 4.90 Å². The van der Waals surface area contributed by atoms with Gasteiger partial charge in [0.2, 0.25) is 0 Å². The van der Waals surface area contributed by atoms with Crippen LogP contribution >= 0.6 is 11.6 Å². The molecule has 0 aromatic carbocycles. The number of rotatable bonds is 1. The van der Waals surface area contributed by atoms with E-state index in [0.717, 1.165) is 32.1 Å². The molecule has 1 spiro atoms. The van der Waals surface area contributed by atoms with Crippen molar-refractivity contribution in [2.24, 2.45) is 0 Å². The predicted molar refractivity (Wildman–Crippen MR) is 75.7 cm³/mol. The third-order valence-electron chi connectivity index (χ3n) is 4.37. The molecule has 2 heterocycles. The SMILES string of the molecule is CN1C(=O)N(c2ccnc(Cl)c2)C(=O)C12CCCCC2. The Hall–Kier alpha value is -1.62. The number of carbonyl (C=O) groups excluding carboxylic acids is 2. The maximum absolute atomic E-state index is 12.8. The molecule has 5 nitrogen and oxygen atoms in total. The maximum Gasteiger partial charge on any atom is 0.332 e. The molecule has 3 rings (SSSR count). The average molecular weight is 294 g/mol. The van der Waals surface area contributed by atoms with Crippen molar-refractivity contribution >= 4 is 29.2 Å². The Balaban J connectivity index is 2.01. The fraction of sp³-hybridized carbons (Fsp3) is 0.500. The minimum absolute atomic E-state index is 0.132. The molecule has 1 aromatic heterocycles. The van der Waals surface area contributed by atoms with Gasteiger partial charge >= 0.3 is 6.03 Å². The number of halogens is 1. The monoisotopic (exact) mass is 293 g/mol. The number of anilines is 1. The van der Waals surface area contributed by atoms with Crippen molar-refractivity contribution in [3.05, 3.63) is 23.5 Å². The highest BCUT2D eigenvalue weighted by molar-refractivity contribution is 6.30. The molecule has 0 atom stereocenters. The minimum atomic E-state index is -0.662. The standard InChI is InChI=1S/C14H16ClN3O2/c1-17-13(20)18(10-5-8-16-11(15)9-10)12(19)14(17)6-3-2-4-7-14/h5,8-9H,2-4,6-7H2,1H3. The number of aromatic nitrogens is 1. The van der Waals surface area contributed by atoms with Crippen LogP contribution in [0, 0.1) is 0 Å². The van der Waals surface area contributed by atoms with E-state index in [4.69, 9.17) is 11.6 Å². The molecule has 6 heteroatoms. The van der Waals surface area contributed by atoms with Crippen molar-refractivity contribution in [3.63, 3.8) is 0 Å². The van der Waals surface area contributed by atoms with Crippen LogP contribution in [0.3, 0.4) is 0 Å². The lowest BCUT2D eigenvalue weighted by Crippen LogP contribution is -2.49. The molecule has 1 aliphatic heterocycles. The van der Waals surface area contributed by atoms with Gasteiger partial charge < -0.3 is 4.90 Å². The normalized spacial score (nSPS) is 21.9. The van der Waals surface area contributed by atoms with Crippen LogP contribution in [0.4, 0.5) is 10.5 Å². The molecule has 0 unspecified atom stereocenters. The number of amides is 3. The van der Waals surface area contributed by atoms with Crippen molar-refractivity contribution in [3.8, 4) is 0 Å². The van der Waals surface area contributed by atoms with Gasteiger partial charge in [-0.25, -0.2) is 14.7 Å². The highest BCUT2D eigenvalue weighted by Gasteiger charge is 2.56. The smallest absolute Gasteiger partial charge is 0.312 e. The van der Waals surface area contributed by atoms with Crippen molar-refractivity contribution in [1.29, 1.82) is 0 Å². The zero-order chi connectivity index (χ0) is 14.3. The van der Waals surface area contributed by atoms with E-state index in [1.807, 2.05) is 0 Å². The first kappa shape index (κ1) is 13.4. The Labute approximate surface area is 122 Å². The molecule has 106 valence electrons. The molecular formula is C14H16ClN3O2. The third kappa shape index (κ3) is 1.80. The van der Waals surface area contributed by atoms with Crippen molar-refractivity contribution in [2.75, 3.05) is 11.9 Å². The average Bonchev–Trinajstić information content (AvgIpc) is 2.62. The zero-order valence-corrected chi connectivity index (χ0v) is 12.1. The second kappa shape index (κ2) is 4.74. The fourth-order valence-electron chi connectivity index (χ4n) is 3.22. The summed E-state index contributed by atoms with van der Waals surface area (Å²) in [5, 5.41) is 0.273. The predicted octanol–water partition coefficient (Wildman–Crippen LogP) is 2.84. The summed E-state index contributed by atoms with van der Waals surface area (Å²) in [5.74, 6) is -0.132. The largest absolute Gasteiger partial charge is 0.332 e. The number of hydrogen-bond donors (Lipinski definition) is 0. The topological polar surface area (TPSA) is 53.5 Å². The van der Waals surface area contributed by atoms with Gasteiger partial charge in [-0.15, -0.1) is 0 Å². The van der Waals surface area contributed by atoms with Gasteiger partial charge in [0.05, 0.1) is 5.69 Å². The summed E-state index contributed by atoms with van der Waals surface area (Å²) in [6, 6.07) is 2.91. The van der Waals surface area contributed by atoms with E-state index in [1.165, 1.54) is 11.1 Å². The molecular weight excluding hydrogens is 278 g/mol. The molecule has 0 N–H and O–H groups in total. The van der Waals surface area contributed by atoms with Gasteiger partial charge in [-0.3, -0.25) is 4.79 Å². The zero-order valence-electron chi connectivity index (χ0n) is 11.3. The van der Waals surface area contributed by atoms with Crippen LogP contribution in [0.5, 0.6) is 0 Å². The number of imide groups is 1. The molecule has 1 aliphatic carbocycles. The Kier molecular flexibility index (Phi) is 3.17. The van der Waals surface area contributed by atoms with Crippen LogP contribution in [0.1, 0.15) is 32.1 Å². The molecule has 2 aliphatic rings. The quantitative estimate of drug-likeness (QED) is 0.591. The van der Waals surface area contributed by atoms with Gasteiger partial charge in [-0.2, -0.15) is 0 Å². The van der Waals surface area contributed by atoms with Crippen molar-refractivity contribution < 1.29 is 9.59 Å². The van der Waals surface area contributed by atoms with E-state index in [0.29, 0.717) is 5.69 Å². The number of nitrogens with zero attached hydrogens (tertiary/aromatic N) is 3. The van der Waals surface area contributed by atoms with Crippen LogP contribution in [0.15, 0.2) is 18.3 Å². The summed E-state index contributed by atoms with van der Waals surface area (Å²) in [5.41, 5.74) is -0.167. The second-order valence-electron chi connectivity index (χ2n) is 5.41.